The zero-order chi connectivity index (χ0) is 13.8. The number of rotatable bonds is 4. The Kier molecular flexibility index (Phi) is 4.31. The largest absolute Gasteiger partial charge is 0.409 e. The SMILES string of the molecule is Cc1ccc(CNC(=O)C(C)(C)C(N)=NO)cc1. The fourth-order valence-electron chi connectivity index (χ4n) is 1.35. The maximum absolute atomic E-state index is 11.9. The molecule has 0 radical (unpaired) electrons. The monoisotopic (exact) mass is 249 g/mol. The van der Waals surface area contributed by atoms with Gasteiger partial charge >= 0.3 is 0 Å². The average molecular weight is 249 g/mol. The van der Waals surface area contributed by atoms with Crippen LogP contribution in [0.25, 0.3) is 0 Å². The highest BCUT2D eigenvalue weighted by molar-refractivity contribution is 6.05. The number of nitrogens with zero attached hydrogens (tertiary/aromatic N) is 1. The Balaban J connectivity index is 2.64. The maximum Gasteiger partial charge on any atom is 0.233 e. The van der Waals surface area contributed by atoms with Gasteiger partial charge in [-0.2, -0.15) is 0 Å². The summed E-state index contributed by atoms with van der Waals surface area (Å²) in [5, 5.41) is 14.3. The van der Waals surface area contributed by atoms with Crippen LogP contribution in [0.3, 0.4) is 0 Å². The van der Waals surface area contributed by atoms with Crippen LogP contribution in [0.15, 0.2) is 29.4 Å². The molecular formula is C13H19N3O2. The number of carbonyl (C=O) groups is 1. The molecule has 0 saturated heterocycles. The van der Waals surface area contributed by atoms with Crippen LogP contribution in [-0.4, -0.2) is 17.0 Å². The summed E-state index contributed by atoms with van der Waals surface area (Å²) in [5.41, 5.74) is 6.62. The summed E-state index contributed by atoms with van der Waals surface area (Å²) < 4.78 is 0. The highest BCUT2D eigenvalue weighted by atomic mass is 16.4. The Morgan fingerprint density at radius 1 is 1.39 bits per heavy atom. The van der Waals surface area contributed by atoms with Gasteiger partial charge in [0.1, 0.15) is 5.41 Å². The molecule has 5 nitrogen and oxygen atoms in total. The fraction of sp³-hybridized carbons (Fsp3) is 0.385. The molecule has 1 aromatic rings. The van der Waals surface area contributed by atoms with Crippen molar-refractivity contribution in [2.24, 2.45) is 16.3 Å². The van der Waals surface area contributed by atoms with E-state index in [1.165, 1.54) is 5.56 Å². The topological polar surface area (TPSA) is 87.7 Å². The first-order valence-electron chi connectivity index (χ1n) is 5.69. The van der Waals surface area contributed by atoms with Crippen molar-refractivity contribution in [3.05, 3.63) is 35.4 Å². The Bertz CT molecular complexity index is 450. The predicted molar refractivity (Wildman–Crippen MR) is 70.2 cm³/mol. The summed E-state index contributed by atoms with van der Waals surface area (Å²) in [5.74, 6) is -0.387. The van der Waals surface area contributed by atoms with E-state index in [0.717, 1.165) is 5.56 Å². The summed E-state index contributed by atoms with van der Waals surface area (Å²) in [6.07, 6.45) is 0. The summed E-state index contributed by atoms with van der Waals surface area (Å²) in [4.78, 5) is 11.9. The Hall–Kier alpha value is -2.04. The lowest BCUT2D eigenvalue weighted by Crippen LogP contribution is -2.45. The smallest absolute Gasteiger partial charge is 0.233 e. The third-order valence-electron chi connectivity index (χ3n) is 2.89. The molecule has 0 aliphatic rings. The number of nitrogens with one attached hydrogen (secondary N) is 1. The number of hydrogen-bond acceptors (Lipinski definition) is 3. The molecule has 0 aliphatic heterocycles. The molecule has 1 amide bonds. The molecular weight excluding hydrogens is 230 g/mol. The lowest BCUT2D eigenvalue weighted by atomic mass is 9.91. The molecule has 0 saturated carbocycles. The van der Waals surface area contributed by atoms with Crippen molar-refractivity contribution < 1.29 is 10.0 Å². The quantitative estimate of drug-likeness (QED) is 0.326. The molecule has 1 rings (SSSR count). The second-order valence-electron chi connectivity index (χ2n) is 4.78. The standard InChI is InChI=1S/C13H19N3O2/c1-9-4-6-10(7-5-9)8-15-12(17)13(2,3)11(14)16-18/h4-7,18H,8H2,1-3H3,(H2,14,16)(H,15,17). The number of aryl methyl sites for hydroxylation is 1. The van der Waals surface area contributed by atoms with Gasteiger partial charge in [-0.25, -0.2) is 0 Å². The number of oxime groups is 1. The van der Waals surface area contributed by atoms with Gasteiger partial charge in [0.2, 0.25) is 5.91 Å². The molecule has 18 heavy (non-hydrogen) atoms. The minimum Gasteiger partial charge on any atom is -0.409 e. The van der Waals surface area contributed by atoms with Gasteiger partial charge in [-0.1, -0.05) is 35.0 Å². The maximum atomic E-state index is 11.9. The van der Waals surface area contributed by atoms with Gasteiger partial charge in [0.15, 0.2) is 5.84 Å². The van der Waals surface area contributed by atoms with E-state index in [1.807, 2.05) is 31.2 Å². The van der Waals surface area contributed by atoms with Crippen LogP contribution in [0, 0.1) is 12.3 Å². The highest BCUT2D eigenvalue weighted by Gasteiger charge is 2.32. The number of carbonyl (C=O) groups excluding carboxylic acids is 1. The van der Waals surface area contributed by atoms with E-state index in [2.05, 4.69) is 10.5 Å². The minimum atomic E-state index is -1.03. The summed E-state index contributed by atoms with van der Waals surface area (Å²) in [6.45, 7) is 5.63. The van der Waals surface area contributed by atoms with E-state index in [4.69, 9.17) is 10.9 Å². The van der Waals surface area contributed by atoms with Gasteiger partial charge in [0.05, 0.1) is 0 Å². The van der Waals surface area contributed by atoms with Crippen molar-refractivity contribution in [2.75, 3.05) is 0 Å². The van der Waals surface area contributed by atoms with E-state index < -0.39 is 5.41 Å². The molecule has 0 fully saturated rings. The molecule has 98 valence electrons. The van der Waals surface area contributed by atoms with Crippen LogP contribution in [0.5, 0.6) is 0 Å². The number of amides is 1. The highest BCUT2D eigenvalue weighted by Crippen LogP contribution is 2.15. The third-order valence-corrected chi connectivity index (χ3v) is 2.89. The van der Waals surface area contributed by atoms with E-state index >= 15 is 0 Å². The van der Waals surface area contributed by atoms with Crippen molar-refractivity contribution in [3.8, 4) is 0 Å². The molecule has 0 aliphatic carbocycles. The van der Waals surface area contributed by atoms with Crippen LogP contribution in [0.4, 0.5) is 0 Å². The Morgan fingerprint density at radius 2 is 1.94 bits per heavy atom. The summed E-state index contributed by atoms with van der Waals surface area (Å²) >= 11 is 0. The van der Waals surface area contributed by atoms with Gasteiger partial charge in [-0.05, 0) is 26.3 Å². The molecule has 0 unspecified atom stereocenters. The summed E-state index contributed by atoms with van der Waals surface area (Å²) in [7, 11) is 0. The van der Waals surface area contributed by atoms with E-state index in [0.29, 0.717) is 6.54 Å². The lowest BCUT2D eigenvalue weighted by molar-refractivity contribution is -0.126. The van der Waals surface area contributed by atoms with E-state index in [9.17, 15) is 4.79 Å². The van der Waals surface area contributed by atoms with Gasteiger partial charge in [-0.3, -0.25) is 4.79 Å². The van der Waals surface area contributed by atoms with Crippen LogP contribution < -0.4 is 11.1 Å². The lowest BCUT2D eigenvalue weighted by Gasteiger charge is -2.21. The molecule has 0 heterocycles. The average Bonchev–Trinajstić information content (AvgIpc) is 2.36. The number of nitrogens with two attached hydrogens (primary N) is 1. The van der Waals surface area contributed by atoms with Crippen LogP contribution in [0.2, 0.25) is 0 Å². The zero-order valence-corrected chi connectivity index (χ0v) is 10.9. The first kappa shape index (κ1) is 14.0. The number of benzene rings is 1. The molecule has 4 N–H and O–H groups in total. The molecule has 0 spiro atoms. The van der Waals surface area contributed by atoms with Gasteiger partial charge in [0, 0.05) is 6.54 Å². The van der Waals surface area contributed by atoms with Crippen molar-refractivity contribution >= 4 is 11.7 Å². The molecule has 5 heteroatoms. The van der Waals surface area contributed by atoms with Gasteiger partial charge in [-0.15, -0.1) is 0 Å². The zero-order valence-electron chi connectivity index (χ0n) is 10.9. The van der Waals surface area contributed by atoms with Crippen molar-refractivity contribution in [1.29, 1.82) is 0 Å². The van der Waals surface area contributed by atoms with E-state index in [1.54, 1.807) is 13.8 Å². The minimum absolute atomic E-state index is 0.107. The Morgan fingerprint density at radius 3 is 2.44 bits per heavy atom. The molecule has 1 aromatic carbocycles. The molecule has 0 bridgehead atoms. The van der Waals surface area contributed by atoms with Gasteiger partial charge < -0.3 is 16.3 Å². The molecule has 0 atom stereocenters. The normalized spacial score (nSPS) is 12.3. The third kappa shape index (κ3) is 3.23. The van der Waals surface area contributed by atoms with E-state index in [-0.39, 0.29) is 11.7 Å². The second-order valence-corrected chi connectivity index (χ2v) is 4.78. The van der Waals surface area contributed by atoms with Crippen molar-refractivity contribution in [2.45, 2.75) is 27.3 Å². The van der Waals surface area contributed by atoms with Crippen LogP contribution in [-0.2, 0) is 11.3 Å². The van der Waals surface area contributed by atoms with Crippen molar-refractivity contribution in [1.82, 2.24) is 5.32 Å². The fourth-order valence-corrected chi connectivity index (χ4v) is 1.35. The second kappa shape index (κ2) is 5.53. The molecule has 0 aromatic heterocycles. The van der Waals surface area contributed by atoms with Crippen LogP contribution >= 0.6 is 0 Å². The Labute approximate surface area is 107 Å². The van der Waals surface area contributed by atoms with Gasteiger partial charge in [0.25, 0.3) is 0 Å². The first-order valence-corrected chi connectivity index (χ1v) is 5.69. The first-order chi connectivity index (χ1) is 8.37. The van der Waals surface area contributed by atoms with Crippen LogP contribution in [0.1, 0.15) is 25.0 Å². The number of hydrogen-bond donors (Lipinski definition) is 3. The number of amidine groups is 1. The summed E-state index contributed by atoms with van der Waals surface area (Å²) in [6, 6.07) is 7.87. The predicted octanol–water partition coefficient (Wildman–Crippen LogP) is 1.38. The van der Waals surface area contributed by atoms with Crippen molar-refractivity contribution in [3.63, 3.8) is 0 Å².